The molecule has 0 radical (unpaired) electrons. The quantitative estimate of drug-likeness (QED) is 0.844. The molecule has 0 saturated heterocycles. The van der Waals surface area contributed by atoms with Crippen LogP contribution in [0, 0.1) is 5.92 Å². The molecule has 0 aliphatic carbocycles. The molecule has 3 nitrogen and oxygen atoms in total. The maximum absolute atomic E-state index is 12.1. The van der Waals surface area contributed by atoms with E-state index in [2.05, 4.69) is 4.99 Å². The summed E-state index contributed by atoms with van der Waals surface area (Å²) in [6, 6.07) is 9.03. The lowest BCUT2D eigenvalue weighted by Gasteiger charge is -2.17. The summed E-state index contributed by atoms with van der Waals surface area (Å²) in [4.78, 5) is 16.2. The number of rotatable bonds is 4. The Balaban J connectivity index is 0.000000861. The van der Waals surface area contributed by atoms with Gasteiger partial charge in [0.25, 0.3) is 0 Å². The number of benzene rings is 1. The zero-order chi connectivity index (χ0) is 14.3. The second-order valence-electron chi connectivity index (χ2n) is 4.17. The average Bonchev–Trinajstić information content (AvgIpc) is 3.02. The molecular formula is C16H21NO2. The SMILES string of the molecule is CC.CC(C(=O)c1ccccc1)C(O)C1=NC=CC1. The number of hydrogen-bond acceptors (Lipinski definition) is 3. The molecule has 0 spiro atoms. The van der Waals surface area contributed by atoms with Gasteiger partial charge in [-0.05, 0) is 0 Å². The van der Waals surface area contributed by atoms with Crippen LogP contribution in [0.1, 0.15) is 37.6 Å². The molecular weight excluding hydrogens is 238 g/mol. The largest absolute Gasteiger partial charge is 0.386 e. The molecule has 1 aliphatic heterocycles. The predicted molar refractivity (Wildman–Crippen MR) is 78.5 cm³/mol. The van der Waals surface area contributed by atoms with Gasteiger partial charge in [0.1, 0.15) is 6.10 Å². The van der Waals surface area contributed by atoms with E-state index in [-0.39, 0.29) is 5.78 Å². The molecule has 1 aliphatic rings. The summed E-state index contributed by atoms with van der Waals surface area (Å²) in [6.45, 7) is 5.74. The van der Waals surface area contributed by atoms with Crippen molar-refractivity contribution in [2.75, 3.05) is 0 Å². The molecule has 19 heavy (non-hydrogen) atoms. The summed E-state index contributed by atoms with van der Waals surface area (Å²) in [5.41, 5.74) is 1.30. The van der Waals surface area contributed by atoms with Crippen LogP contribution in [0.4, 0.5) is 0 Å². The number of nitrogens with zero attached hydrogens (tertiary/aromatic N) is 1. The Kier molecular flexibility index (Phi) is 6.16. The summed E-state index contributed by atoms with van der Waals surface area (Å²) < 4.78 is 0. The van der Waals surface area contributed by atoms with Crippen molar-refractivity contribution < 1.29 is 9.90 Å². The van der Waals surface area contributed by atoms with Crippen LogP contribution in [-0.4, -0.2) is 22.7 Å². The smallest absolute Gasteiger partial charge is 0.168 e. The minimum absolute atomic E-state index is 0.0484. The molecule has 1 heterocycles. The Bertz CT molecular complexity index is 463. The van der Waals surface area contributed by atoms with Crippen LogP contribution >= 0.6 is 0 Å². The highest BCUT2D eigenvalue weighted by molar-refractivity contribution is 6.03. The van der Waals surface area contributed by atoms with Crippen LogP contribution < -0.4 is 0 Å². The van der Waals surface area contributed by atoms with E-state index in [1.54, 1.807) is 25.3 Å². The molecule has 102 valence electrons. The van der Waals surface area contributed by atoms with Crippen LogP contribution in [0.3, 0.4) is 0 Å². The lowest BCUT2D eigenvalue weighted by Crippen LogP contribution is -2.32. The first-order valence-electron chi connectivity index (χ1n) is 6.69. The molecule has 2 atom stereocenters. The Labute approximate surface area is 114 Å². The number of hydrogen-bond donors (Lipinski definition) is 1. The third kappa shape index (κ3) is 3.86. The van der Waals surface area contributed by atoms with Gasteiger partial charge in [0, 0.05) is 18.2 Å². The Morgan fingerprint density at radius 3 is 2.42 bits per heavy atom. The molecule has 0 saturated carbocycles. The summed E-state index contributed by atoms with van der Waals surface area (Å²) in [5.74, 6) is -0.510. The number of carbonyl (C=O) groups is 1. The number of allylic oxidation sites excluding steroid dienone is 1. The second-order valence-corrected chi connectivity index (χ2v) is 4.17. The first kappa shape index (κ1) is 15.3. The maximum Gasteiger partial charge on any atom is 0.168 e. The van der Waals surface area contributed by atoms with Gasteiger partial charge in [0.15, 0.2) is 5.78 Å². The van der Waals surface area contributed by atoms with Gasteiger partial charge in [-0.1, -0.05) is 57.2 Å². The van der Waals surface area contributed by atoms with Crippen molar-refractivity contribution >= 4 is 11.5 Å². The van der Waals surface area contributed by atoms with E-state index in [0.717, 1.165) is 0 Å². The molecule has 2 rings (SSSR count). The molecule has 0 bridgehead atoms. The molecule has 3 heteroatoms. The Hall–Kier alpha value is -1.74. The highest BCUT2D eigenvalue weighted by atomic mass is 16.3. The third-order valence-corrected chi connectivity index (χ3v) is 2.96. The van der Waals surface area contributed by atoms with Gasteiger partial charge < -0.3 is 5.11 Å². The molecule has 0 amide bonds. The van der Waals surface area contributed by atoms with Gasteiger partial charge in [-0.3, -0.25) is 9.79 Å². The molecule has 1 aromatic carbocycles. The lowest BCUT2D eigenvalue weighted by molar-refractivity contribution is 0.0827. The molecule has 1 N–H and O–H groups in total. The van der Waals surface area contributed by atoms with Crippen molar-refractivity contribution in [1.29, 1.82) is 0 Å². The minimum Gasteiger partial charge on any atom is -0.386 e. The van der Waals surface area contributed by atoms with Crippen molar-refractivity contribution in [3.05, 3.63) is 48.2 Å². The van der Waals surface area contributed by atoms with E-state index in [1.165, 1.54) is 0 Å². The van der Waals surface area contributed by atoms with E-state index < -0.39 is 12.0 Å². The normalized spacial score (nSPS) is 16.1. The molecule has 1 aromatic rings. The summed E-state index contributed by atoms with van der Waals surface area (Å²) in [6.07, 6.45) is 3.38. The number of aliphatic hydroxyl groups is 1. The number of aliphatic imine (C=N–C) groups is 1. The van der Waals surface area contributed by atoms with Crippen LogP contribution in [0.25, 0.3) is 0 Å². The fraction of sp³-hybridized carbons (Fsp3) is 0.375. The van der Waals surface area contributed by atoms with E-state index in [9.17, 15) is 9.90 Å². The van der Waals surface area contributed by atoms with Gasteiger partial charge in [-0.25, -0.2) is 0 Å². The van der Waals surface area contributed by atoms with Crippen LogP contribution in [-0.2, 0) is 0 Å². The zero-order valence-electron chi connectivity index (χ0n) is 11.7. The van der Waals surface area contributed by atoms with E-state index in [1.807, 2.05) is 38.1 Å². The second kappa shape index (κ2) is 7.64. The standard InChI is InChI=1S/C14H15NO2.C2H6/c1-10(14(17)12-8-5-9-15-12)13(16)11-6-3-2-4-7-11;1-2/h2-7,9-10,14,17H,8H2,1H3;1-2H3. The van der Waals surface area contributed by atoms with Crippen molar-refractivity contribution in [3.8, 4) is 0 Å². The number of ketones is 1. The van der Waals surface area contributed by atoms with E-state index in [4.69, 9.17) is 0 Å². The van der Waals surface area contributed by atoms with Crippen molar-refractivity contribution in [2.24, 2.45) is 10.9 Å². The van der Waals surface area contributed by atoms with Crippen LogP contribution in [0.5, 0.6) is 0 Å². The van der Waals surface area contributed by atoms with Gasteiger partial charge in [0.2, 0.25) is 0 Å². The first-order valence-corrected chi connectivity index (χ1v) is 6.69. The predicted octanol–water partition coefficient (Wildman–Crippen LogP) is 3.25. The van der Waals surface area contributed by atoms with E-state index >= 15 is 0 Å². The van der Waals surface area contributed by atoms with Gasteiger partial charge in [-0.2, -0.15) is 0 Å². The maximum atomic E-state index is 12.1. The Morgan fingerprint density at radius 2 is 1.89 bits per heavy atom. The fourth-order valence-electron chi connectivity index (χ4n) is 1.87. The monoisotopic (exact) mass is 259 g/mol. The summed E-state index contributed by atoms with van der Waals surface area (Å²) in [7, 11) is 0. The first-order chi connectivity index (χ1) is 9.20. The average molecular weight is 259 g/mol. The van der Waals surface area contributed by atoms with Gasteiger partial charge in [0.05, 0.1) is 11.6 Å². The van der Waals surface area contributed by atoms with Gasteiger partial charge >= 0.3 is 0 Å². The highest BCUT2D eigenvalue weighted by Gasteiger charge is 2.27. The number of aliphatic hydroxyl groups excluding tert-OH is 1. The number of Topliss-reactive ketones (excluding diaryl/α,β-unsaturated/α-hetero) is 1. The zero-order valence-corrected chi connectivity index (χ0v) is 11.7. The molecule has 0 aromatic heterocycles. The summed E-state index contributed by atoms with van der Waals surface area (Å²) in [5, 5.41) is 10.1. The van der Waals surface area contributed by atoms with Crippen LogP contribution in [0.2, 0.25) is 0 Å². The topological polar surface area (TPSA) is 49.7 Å². The minimum atomic E-state index is -0.794. The van der Waals surface area contributed by atoms with Crippen LogP contribution in [0.15, 0.2) is 47.6 Å². The third-order valence-electron chi connectivity index (χ3n) is 2.96. The lowest BCUT2D eigenvalue weighted by atomic mass is 9.91. The van der Waals surface area contributed by atoms with Gasteiger partial charge in [-0.15, -0.1) is 0 Å². The number of carbonyl (C=O) groups excluding carboxylic acids is 1. The van der Waals surface area contributed by atoms with Crippen molar-refractivity contribution in [2.45, 2.75) is 33.3 Å². The molecule has 0 fully saturated rings. The Morgan fingerprint density at radius 1 is 1.26 bits per heavy atom. The summed E-state index contributed by atoms with van der Waals surface area (Å²) >= 11 is 0. The van der Waals surface area contributed by atoms with E-state index in [0.29, 0.717) is 17.7 Å². The highest BCUT2D eigenvalue weighted by Crippen LogP contribution is 2.17. The molecule has 2 unspecified atom stereocenters. The van der Waals surface area contributed by atoms with Crippen molar-refractivity contribution in [3.63, 3.8) is 0 Å². The fourth-order valence-corrected chi connectivity index (χ4v) is 1.87. The van der Waals surface area contributed by atoms with Crippen molar-refractivity contribution in [1.82, 2.24) is 0 Å².